The molecule has 1 fully saturated rings. The summed E-state index contributed by atoms with van der Waals surface area (Å²) >= 11 is 0. The SMILES string of the molecule is COCCOc1ccc(C(C)Nc2ccc(C(=O)NC3CC3)cc2[N+](=O)[O-])cc1OC. The van der Waals surface area contributed by atoms with Gasteiger partial charge in [0.2, 0.25) is 0 Å². The lowest BCUT2D eigenvalue weighted by Crippen LogP contribution is -2.25. The van der Waals surface area contributed by atoms with E-state index in [2.05, 4.69) is 10.6 Å². The van der Waals surface area contributed by atoms with E-state index >= 15 is 0 Å². The summed E-state index contributed by atoms with van der Waals surface area (Å²) in [4.78, 5) is 23.4. The minimum absolute atomic E-state index is 0.151. The molecule has 2 aromatic rings. The molecule has 1 saturated carbocycles. The van der Waals surface area contributed by atoms with Crippen LogP contribution in [0.15, 0.2) is 36.4 Å². The fourth-order valence-corrected chi connectivity index (χ4v) is 3.07. The monoisotopic (exact) mass is 429 g/mol. The lowest BCUT2D eigenvalue weighted by Gasteiger charge is -2.18. The highest BCUT2D eigenvalue weighted by molar-refractivity contribution is 5.96. The molecule has 1 atom stereocenters. The first-order chi connectivity index (χ1) is 14.9. The summed E-state index contributed by atoms with van der Waals surface area (Å²) < 4.78 is 16.0. The third-order valence-corrected chi connectivity index (χ3v) is 4.97. The van der Waals surface area contributed by atoms with Gasteiger partial charge in [0.1, 0.15) is 12.3 Å². The second-order valence-corrected chi connectivity index (χ2v) is 7.35. The number of rotatable bonds is 11. The summed E-state index contributed by atoms with van der Waals surface area (Å²) in [5.74, 6) is 0.857. The van der Waals surface area contributed by atoms with E-state index in [0.29, 0.717) is 30.4 Å². The van der Waals surface area contributed by atoms with Crippen molar-refractivity contribution >= 4 is 17.3 Å². The smallest absolute Gasteiger partial charge is 0.293 e. The number of nitro benzene ring substituents is 1. The molecule has 31 heavy (non-hydrogen) atoms. The average Bonchev–Trinajstić information content (AvgIpc) is 3.58. The van der Waals surface area contributed by atoms with Gasteiger partial charge in [-0.15, -0.1) is 0 Å². The molecule has 0 bridgehead atoms. The van der Waals surface area contributed by atoms with Crippen LogP contribution in [0.2, 0.25) is 0 Å². The minimum atomic E-state index is -0.490. The van der Waals surface area contributed by atoms with Gasteiger partial charge in [-0.1, -0.05) is 6.07 Å². The Kier molecular flexibility index (Phi) is 7.30. The molecule has 2 aromatic carbocycles. The van der Waals surface area contributed by atoms with Crippen molar-refractivity contribution in [2.75, 3.05) is 32.8 Å². The highest BCUT2D eigenvalue weighted by atomic mass is 16.6. The van der Waals surface area contributed by atoms with Gasteiger partial charge < -0.3 is 24.8 Å². The molecule has 0 aliphatic heterocycles. The van der Waals surface area contributed by atoms with Crippen molar-refractivity contribution in [3.8, 4) is 11.5 Å². The molecule has 1 aliphatic rings. The Morgan fingerprint density at radius 2 is 1.94 bits per heavy atom. The lowest BCUT2D eigenvalue weighted by atomic mass is 10.1. The zero-order valence-electron chi connectivity index (χ0n) is 17.8. The summed E-state index contributed by atoms with van der Waals surface area (Å²) in [5, 5.41) is 17.6. The summed E-state index contributed by atoms with van der Waals surface area (Å²) in [6.45, 7) is 2.74. The van der Waals surface area contributed by atoms with Crippen LogP contribution < -0.4 is 20.1 Å². The summed E-state index contributed by atoms with van der Waals surface area (Å²) in [6.07, 6.45) is 1.90. The van der Waals surface area contributed by atoms with Crippen molar-refractivity contribution in [3.63, 3.8) is 0 Å². The molecule has 0 aromatic heterocycles. The molecule has 0 radical (unpaired) electrons. The van der Waals surface area contributed by atoms with E-state index in [-0.39, 0.29) is 29.2 Å². The van der Waals surface area contributed by atoms with E-state index < -0.39 is 4.92 Å². The van der Waals surface area contributed by atoms with E-state index in [1.165, 1.54) is 6.07 Å². The first-order valence-electron chi connectivity index (χ1n) is 10.1. The molecule has 1 amide bonds. The van der Waals surface area contributed by atoms with Crippen LogP contribution in [-0.4, -0.2) is 44.3 Å². The Morgan fingerprint density at radius 3 is 2.58 bits per heavy atom. The number of amides is 1. The second kappa shape index (κ2) is 10.1. The van der Waals surface area contributed by atoms with Crippen molar-refractivity contribution in [1.29, 1.82) is 0 Å². The van der Waals surface area contributed by atoms with Crippen molar-refractivity contribution in [2.45, 2.75) is 31.8 Å². The fourth-order valence-electron chi connectivity index (χ4n) is 3.07. The largest absolute Gasteiger partial charge is 0.493 e. The Balaban J connectivity index is 1.76. The normalized spacial score (nSPS) is 13.9. The molecule has 9 nitrogen and oxygen atoms in total. The summed E-state index contributed by atoms with van der Waals surface area (Å²) in [5.41, 5.74) is 1.32. The van der Waals surface area contributed by atoms with Crippen molar-refractivity contribution < 1.29 is 23.9 Å². The first-order valence-corrected chi connectivity index (χ1v) is 10.1. The highest BCUT2D eigenvalue weighted by Crippen LogP contribution is 2.33. The van der Waals surface area contributed by atoms with Gasteiger partial charge >= 0.3 is 0 Å². The fraction of sp³-hybridized carbons (Fsp3) is 0.409. The van der Waals surface area contributed by atoms with Gasteiger partial charge in [-0.2, -0.15) is 0 Å². The molecule has 0 heterocycles. The van der Waals surface area contributed by atoms with Gasteiger partial charge in [0, 0.05) is 30.8 Å². The van der Waals surface area contributed by atoms with Crippen LogP contribution >= 0.6 is 0 Å². The molecular weight excluding hydrogens is 402 g/mol. The Morgan fingerprint density at radius 1 is 1.16 bits per heavy atom. The molecule has 166 valence electrons. The van der Waals surface area contributed by atoms with Crippen LogP contribution in [0.5, 0.6) is 11.5 Å². The van der Waals surface area contributed by atoms with E-state index in [4.69, 9.17) is 14.2 Å². The number of nitrogens with one attached hydrogen (secondary N) is 2. The summed E-state index contributed by atoms with van der Waals surface area (Å²) in [6, 6.07) is 9.87. The Labute approximate surface area is 180 Å². The number of anilines is 1. The van der Waals surface area contributed by atoms with Gasteiger partial charge in [0.05, 0.1) is 18.6 Å². The molecule has 0 spiro atoms. The number of benzene rings is 2. The third-order valence-electron chi connectivity index (χ3n) is 4.97. The van der Waals surface area contributed by atoms with Gasteiger partial charge in [-0.05, 0) is 49.6 Å². The van der Waals surface area contributed by atoms with Gasteiger partial charge in [-0.25, -0.2) is 0 Å². The first kappa shape index (κ1) is 22.4. The van der Waals surface area contributed by atoms with Crippen LogP contribution in [0.3, 0.4) is 0 Å². The van der Waals surface area contributed by atoms with Crippen molar-refractivity contribution in [3.05, 3.63) is 57.6 Å². The topological polar surface area (TPSA) is 112 Å². The van der Waals surface area contributed by atoms with Crippen molar-refractivity contribution in [2.24, 2.45) is 0 Å². The lowest BCUT2D eigenvalue weighted by molar-refractivity contribution is -0.384. The van der Waals surface area contributed by atoms with Crippen molar-refractivity contribution in [1.82, 2.24) is 5.32 Å². The van der Waals surface area contributed by atoms with Crippen LogP contribution in [0.4, 0.5) is 11.4 Å². The second-order valence-electron chi connectivity index (χ2n) is 7.35. The number of ether oxygens (including phenoxy) is 3. The maximum absolute atomic E-state index is 12.2. The van der Waals surface area contributed by atoms with Crippen LogP contribution in [0.25, 0.3) is 0 Å². The number of carbonyl (C=O) groups excluding carboxylic acids is 1. The quantitative estimate of drug-likeness (QED) is 0.318. The molecule has 0 saturated heterocycles. The van der Waals surface area contributed by atoms with Gasteiger partial charge in [0.25, 0.3) is 11.6 Å². The molecule has 1 aliphatic carbocycles. The number of nitrogens with zero attached hydrogens (tertiary/aromatic N) is 1. The Hall–Kier alpha value is -3.33. The van der Waals surface area contributed by atoms with E-state index in [1.807, 2.05) is 19.1 Å². The number of nitro groups is 1. The predicted octanol–water partition coefficient (Wildman–Crippen LogP) is 3.69. The average molecular weight is 429 g/mol. The molecular formula is C22H27N3O6. The number of hydrogen-bond donors (Lipinski definition) is 2. The third kappa shape index (κ3) is 5.85. The van der Waals surface area contributed by atoms with E-state index in [1.54, 1.807) is 32.4 Å². The molecule has 3 rings (SSSR count). The Bertz CT molecular complexity index is 945. The van der Waals surface area contributed by atoms with Crippen LogP contribution in [0, 0.1) is 10.1 Å². The minimum Gasteiger partial charge on any atom is -0.493 e. The molecule has 1 unspecified atom stereocenters. The van der Waals surface area contributed by atoms with Crippen LogP contribution in [-0.2, 0) is 4.74 Å². The zero-order chi connectivity index (χ0) is 22.4. The van der Waals surface area contributed by atoms with E-state index in [0.717, 1.165) is 18.4 Å². The van der Waals surface area contributed by atoms with Crippen LogP contribution in [0.1, 0.15) is 41.7 Å². The maximum Gasteiger partial charge on any atom is 0.293 e. The number of hydrogen-bond acceptors (Lipinski definition) is 7. The maximum atomic E-state index is 12.2. The summed E-state index contributed by atoms with van der Waals surface area (Å²) in [7, 11) is 3.15. The molecule has 9 heteroatoms. The zero-order valence-corrected chi connectivity index (χ0v) is 17.8. The standard InChI is InChI=1S/C22H27N3O6/c1-14(15-5-9-20(21(13-15)30-3)31-11-10-29-2)23-18-8-4-16(12-19(18)25(27)28)22(26)24-17-6-7-17/h4-5,8-9,12-14,17,23H,6-7,10-11H2,1-3H3,(H,24,26). The number of methoxy groups -OCH3 is 2. The number of carbonyl (C=O) groups is 1. The van der Waals surface area contributed by atoms with Gasteiger partial charge in [0.15, 0.2) is 11.5 Å². The van der Waals surface area contributed by atoms with Gasteiger partial charge in [-0.3, -0.25) is 14.9 Å². The highest BCUT2D eigenvalue weighted by Gasteiger charge is 2.25. The molecule has 2 N–H and O–H groups in total. The van der Waals surface area contributed by atoms with E-state index in [9.17, 15) is 14.9 Å². The predicted molar refractivity (Wildman–Crippen MR) is 116 cm³/mol.